The van der Waals surface area contributed by atoms with Crippen molar-refractivity contribution < 1.29 is 19.2 Å². The van der Waals surface area contributed by atoms with Crippen molar-refractivity contribution in [3.8, 4) is 0 Å². The van der Waals surface area contributed by atoms with Gasteiger partial charge in [-0.25, -0.2) is 4.98 Å². The van der Waals surface area contributed by atoms with Crippen molar-refractivity contribution in [1.82, 2.24) is 15.2 Å². The number of piperidine rings is 1. The number of nitrogens with zero attached hydrogens (tertiary/aromatic N) is 2. The molecule has 9 nitrogen and oxygen atoms in total. The number of benzene rings is 1. The zero-order valence-corrected chi connectivity index (χ0v) is 14.8. The lowest BCUT2D eigenvalue weighted by atomic mass is 10.0. The number of amides is 4. The van der Waals surface area contributed by atoms with E-state index in [1.165, 1.54) is 11.3 Å². The maximum Gasteiger partial charge on any atom is 0.262 e. The number of nitrogens with one attached hydrogen (secondary N) is 2. The lowest BCUT2D eigenvalue weighted by Gasteiger charge is -2.27. The summed E-state index contributed by atoms with van der Waals surface area (Å²) in [5.74, 6) is -2.08. The summed E-state index contributed by atoms with van der Waals surface area (Å²) in [5, 5.41) is 5.81. The SMILES string of the molecule is Nc1ncc(CNc2ccc3c(c2)C(=O)N(C2CCC(=O)NC2=O)C3=O)s1. The van der Waals surface area contributed by atoms with Gasteiger partial charge in [-0.3, -0.25) is 29.4 Å². The Labute approximate surface area is 157 Å². The van der Waals surface area contributed by atoms with Crippen LogP contribution in [-0.2, 0) is 16.1 Å². The van der Waals surface area contributed by atoms with Crippen molar-refractivity contribution in [3.63, 3.8) is 0 Å². The fraction of sp³-hybridized carbons (Fsp3) is 0.235. The highest BCUT2D eigenvalue weighted by Gasteiger charge is 2.44. The van der Waals surface area contributed by atoms with Gasteiger partial charge in [-0.05, 0) is 24.6 Å². The van der Waals surface area contributed by atoms with Crippen LogP contribution in [0, 0.1) is 0 Å². The molecule has 0 radical (unpaired) electrons. The first-order valence-corrected chi connectivity index (χ1v) is 9.05. The minimum atomic E-state index is -0.966. The second kappa shape index (κ2) is 6.47. The van der Waals surface area contributed by atoms with Crippen LogP contribution in [0.1, 0.15) is 38.4 Å². The third kappa shape index (κ3) is 3.04. The molecule has 0 spiro atoms. The molecule has 138 valence electrons. The number of anilines is 2. The molecule has 2 aliphatic heterocycles. The van der Waals surface area contributed by atoms with Crippen molar-refractivity contribution in [2.45, 2.75) is 25.4 Å². The molecule has 3 heterocycles. The zero-order valence-electron chi connectivity index (χ0n) is 14.0. The second-order valence-electron chi connectivity index (χ2n) is 6.23. The molecule has 1 saturated heterocycles. The molecule has 4 rings (SSSR count). The van der Waals surface area contributed by atoms with Gasteiger partial charge in [0.05, 0.1) is 17.7 Å². The highest BCUT2D eigenvalue weighted by atomic mass is 32.1. The molecule has 1 aromatic heterocycles. The van der Waals surface area contributed by atoms with Gasteiger partial charge < -0.3 is 11.1 Å². The molecule has 4 amide bonds. The minimum absolute atomic E-state index is 0.0919. The molecule has 1 aromatic carbocycles. The fourth-order valence-corrected chi connectivity index (χ4v) is 3.80. The predicted octanol–water partition coefficient (Wildman–Crippen LogP) is 0.739. The van der Waals surface area contributed by atoms with E-state index in [0.29, 0.717) is 17.4 Å². The van der Waals surface area contributed by atoms with Gasteiger partial charge in [0.25, 0.3) is 11.8 Å². The summed E-state index contributed by atoms with van der Waals surface area (Å²) in [6.07, 6.45) is 1.89. The number of fused-ring (bicyclic) bond motifs is 1. The summed E-state index contributed by atoms with van der Waals surface area (Å²) >= 11 is 1.36. The number of nitrogen functional groups attached to an aromatic ring is 1. The van der Waals surface area contributed by atoms with Crippen LogP contribution < -0.4 is 16.4 Å². The van der Waals surface area contributed by atoms with E-state index in [1.807, 2.05) is 0 Å². The first kappa shape index (κ1) is 17.2. The van der Waals surface area contributed by atoms with Crippen molar-refractivity contribution in [1.29, 1.82) is 0 Å². The third-order valence-electron chi connectivity index (χ3n) is 4.48. The fourth-order valence-electron chi connectivity index (χ4n) is 3.17. The summed E-state index contributed by atoms with van der Waals surface area (Å²) in [5.41, 5.74) is 6.74. The van der Waals surface area contributed by atoms with Crippen LogP contribution in [0.25, 0.3) is 0 Å². The summed E-state index contributed by atoms with van der Waals surface area (Å²) < 4.78 is 0. The first-order chi connectivity index (χ1) is 12.9. The average molecular weight is 385 g/mol. The van der Waals surface area contributed by atoms with Crippen LogP contribution in [0.5, 0.6) is 0 Å². The van der Waals surface area contributed by atoms with Crippen LogP contribution >= 0.6 is 11.3 Å². The van der Waals surface area contributed by atoms with E-state index in [4.69, 9.17) is 5.73 Å². The lowest BCUT2D eigenvalue weighted by Crippen LogP contribution is -2.54. The Morgan fingerprint density at radius 1 is 1.22 bits per heavy atom. The minimum Gasteiger partial charge on any atom is -0.380 e. The Morgan fingerprint density at radius 3 is 2.70 bits per heavy atom. The molecule has 0 saturated carbocycles. The third-order valence-corrected chi connectivity index (χ3v) is 5.30. The quantitative estimate of drug-likeness (QED) is 0.661. The molecule has 2 aliphatic rings. The highest BCUT2D eigenvalue weighted by Crippen LogP contribution is 2.29. The van der Waals surface area contributed by atoms with Crippen LogP contribution in [0.4, 0.5) is 10.8 Å². The van der Waals surface area contributed by atoms with Crippen LogP contribution in [0.15, 0.2) is 24.4 Å². The topological polar surface area (TPSA) is 134 Å². The van der Waals surface area contributed by atoms with Crippen molar-refractivity contribution in [2.75, 3.05) is 11.1 Å². The first-order valence-electron chi connectivity index (χ1n) is 8.23. The second-order valence-corrected chi connectivity index (χ2v) is 7.37. The van der Waals surface area contributed by atoms with Crippen molar-refractivity contribution in [3.05, 3.63) is 40.4 Å². The molecule has 1 unspecified atom stereocenters. The number of rotatable bonds is 4. The number of carbonyl (C=O) groups excluding carboxylic acids is 4. The highest BCUT2D eigenvalue weighted by molar-refractivity contribution is 7.15. The molecule has 1 fully saturated rings. The van der Waals surface area contributed by atoms with Crippen LogP contribution in [0.2, 0.25) is 0 Å². The van der Waals surface area contributed by atoms with Gasteiger partial charge in [0, 0.05) is 23.2 Å². The molecule has 4 N–H and O–H groups in total. The van der Waals surface area contributed by atoms with E-state index < -0.39 is 29.7 Å². The van der Waals surface area contributed by atoms with Gasteiger partial charge in [0.2, 0.25) is 11.8 Å². The maximum atomic E-state index is 12.8. The predicted molar refractivity (Wildman–Crippen MR) is 97.0 cm³/mol. The molecule has 0 bridgehead atoms. The largest absolute Gasteiger partial charge is 0.380 e. The van der Waals surface area contributed by atoms with Crippen molar-refractivity contribution >= 4 is 45.8 Å². The van der Waals surface area contributed by atoms with E-state index in [1.54, 1.807) is 24.4 Å². The number of thiazole rings is 1. The van der Waals surface area contributed by atoms with Gasteiger partial charge >= 0.3 is 0 Å². The van der Waals surface area contributed by atoms with Crippen LogP contribution in [-0.4, -0.2) is 39.6 Å². The van der Waals surface area contributed by atoms with E-state index in [0.717, 1.165) is 9.78 Å². The molecule has 1 atom stereocenters. The number of nitrogens with two attached hydrogens (primary N) is 1. The smallest absolute Gasteiger partial charge is 0.262 e. The molecular weight excluding hydrogens is 370 g/mol. The Kier molecular flexibility index (Phi) is 4.11. The molecular formula is C17H15N5O4S. The molecule has 10 heteroatoms. The summed E-state index contributed by atoms with van der Waals surface area (Å²) in [6, 6.07) is 3.88. The summed E-state index contributed by atoms with van der Waals surface area (Å²) in [4.78, 5) is 54.6. The zero-order chi connectivity index (χ0) is 19.1. The number of carbonyl (C=O) groups is 4. The Hall–Kier alpha value is -3.27. The summed E-state index contributed by atoms with van der Waals surface area (Å²) in [6.45, 7) is 0.479. The van der Waals surface area contributed by atoms with Gasteiger partial charge in [0.1, 0.15) is 6.04 Å². The maximum absolute atomic E-state index is 12.8. The summed E-state index contributed by atoms with van der Waals surface area (Å²) in [7, 11) is 0. The van der Waals surface area contributed by atoms with Crippen molar-refractivity contribution in [2.24, 2.45) is 0 Å². The number of hydrogen-bond acceptors (Lipinski definition) is 8. The van der Waals surface area contributed by atoms with E-state index in [-0.39, 0.29) is 24.0 Å². The standard InChI is InChI=1S/C17H15N5O4S/c18-17-20-7-9(27-17)6-19-8-1-2-10-11(5-8)16(26)22(15(10)25)12-3-4-13(23)21-14(12)24/h1-2,5,7,12,19H,3-4,6H2,(H2,18,20)(H,21,23,24). The normalized spacial score (nSPS) is 19.3. The van der Waals surface area contributed by atoms with E-state index >= 15 is 0 Å². The number of imide groups is 2. The molecule has 2 aromatic rings. The Balaban J connectivity index is 1.54. The Bertz CT molecular complexity index is 985. The number of hydrogen-bond donors (Lipinski definition) is 3. The number of aromatic nitrogens is 1. The van der Waals surface area contributed by atoms with Gasteiger partial charge in [-0.1, -0.05) is 0 Å². The lowest BCUT2D eigenvalue weighted by molar-refractivity contribution is -0.136. The van der Waals surface area contributed by atoms with Gasteiger partial charge in [-0.15, -0.1) is 11.3 Å². The monoisotopic (exact) mass is 385 g/mol. The van der Waals surface area contributed by atoms with Gasteiger partial charge in [0.15, 0.2) is 5.13 Å². The molecule has 0 aliphatic carbocycles. The van der Waals surface area contributed by atoms with Gasteiger partial charge in [-0.2, -0.15) is 0 Å². The Morgan fingerprint density at radius 2 is 2.00 bits per heavy atom. The van der Waals surface area contributed by atoms with E-state index in [2.05, 4.69) is 15.6 Å². The van der Waals surface area contributed by atoms with Crippen LogP contribution in [0.3, 0.4) is 0 Å². The average Bonchev–Trinajstić information content (AvgIpc) is 3.16. The van der Waals surface area contributed by atoms with E-state index in [9.17, 15) is 19.2 Å². The molecule has 27 heavy (non-hydrogen) atoms.